The average molecular weight is 501 g/mol. The zero-order valence-corrected chi connectivity index (χ0v) is 25.0. The molecule has 0 aromatic heterocycles. The zero-order valence-electron chi connectivity index (χ0n) is 24.2. The lowest BCUT2D eigenvalue weighted by Gasteiger charge is -2.58. The molecule has 0 radical (unpaired) electrons. The molecule has 4 rings (SSSR count). The molecule has 0 spiro atoms. The van der Waals surface area contributed by atoms with E-state index in [4.69, 9.17) is 0 Å². The summed E-state index contributed by atoms with van der Waals surface area (Å²) < 4.78 is 0. The number of carbonyl (C=O) groups excluding carboxylic acids is 1. The number of allylic oxidation sites excluding steroid dienone is 2. The summed E-state index contributed by atoms with van der Waals surface area (Å²) in [5.41, 5.74) is 2.72. The fourth-order valence-electron chi connectivity index (χ4n) is 9.42. The van der Waals surface area contributed by atoms with Gasteiger partial charge in [-0.15, -0.1) is 0 Å². The first kappa shape index (κ1) is 27.8. The van der Waals surface area contributed by atoms with E-state index in [0.29, 0.717) is 27.1 Å². The van der Waals surface area contributed by atoms with Gasteiger partial charge in [0, 0.05) is 11.7 Å². The summed E-state index contributed by atoms with van der Waals surface area (Å²) in [7, 11) is 0. The third-order valence-corrected chi connectivity index (χ3v) is 12.9. The Kier molecular flexibility index (Phi) is 8.93. The molecule has 4 aliphatic rings. The lowest BCUT2D eigenvalue weighted by molar-refractivity contribution is -0.111. The summed E-state index contributed by atoms with van der Waals surface area (Å²) >= 11 is 1.69. The van der Waals surface area contributed by atoms with Crippen LogP contribution >= 0.6 is 11.8 Å². The number of hydrogen-bond acceptors (Lipinski definition) is 2. The van der Waals surface area contributed by atoms with Crippen LogP contribution in [0.15, 0.2) is 11.6 Å². The second-order valence-electron chi connectivity index (χ2n) is 14.4. The maximum Gasteiger partial charge on any atom is 0.189 e. The Morgan fingerprint density at radius 1 is 1.03 bits per heavy atom. The highest BCUT2D eigenvalue weighted by Crippen LogP contribution is 2.67. The maximum absolute atomic E-state index is 12.6. The molecule has 35 heavy (non-hydrogen) atoms. The Hall–Kier alpha value is -0.240. The predicted octanol–water partition coefficient (Wildman–Crippen LogP) is 10.1. The fraction of sp³-hybridized carbons (Fsp3) is 0.909. The van der Waals surface area contributed by atoms with Crippen molar-refractivity contribution >= 4 is 16.9 Å². The van der Waals surface area contributed by atoms with Crippen LogP contribution in [0.3, 0.4) is 0 Å². The normalized spacial score (nSPS) is 40.5. The summed E-state index contributed by atoms with van der Waals surface area (Å²) in [6.45, 7) is 17.1. The van der Waals surface area contributed by atoms with Crippen LogP contribution in [0.5, 0.6) is 0 Å². The molecule has 3 saturated carbocycles. The number of carbonyl (C=O) groups is 1. The molecule has 3 fully saturated rings. The second-order valence-corrected chi connectivity index (χ2v) is 15.7. The average Bonchev–Trinajstić information content (AvgIpc) is 3.16. The first-order chi connectivity index (χ1) is 16.6. The van der Waals surface area contributed by atoms with Crippen LogP contribution in [-0.4, -0.2) is 10.4 Å². The van der Waals surface area contributed by atoms with E-state index in [-0.39, 0.29) is 0 Å². The Morgan fingerprint density at radius 3 is 2.51 bits per heavy atom. The van der Waals surface area contributed by atoms with E-state index in [1.165, 1.54) is 70.6 Å². The molecule has 0 aliphatic heterocycles. The number of rotatable bonds is 9. The first-order valence-electron chi connectivity index (χ1n) is 15.5. The van der Waals surface area contributed by atoms with Gasteiger partial charge >= 0.3 is 0 Å². The van der Waals surface area contributed by atoms with E-state index in [1.807, 2.05) is 0 Å². The van der Waals surface area contributed by atoms with E-state index >= 15 is 0 Å². The van der Waals surface area contributed by atoms with Crippen LogP contribution in [0.1, 0.15) is 132 Å². The zero-order chi connectivity index (χ0) is 25.4. The van der Waals surface area contributed by atoms with Crippen LogP contribution in [0.4, 0.5) is 0 Å². The van der Waals surface area contributed by atoms with Gasteiger partial charge in [0.05, 0.1) is 0 Å². The van der Waals surface area contributed by atoms with Crippen LogP contribution in [0.2, 0.25) is 0 Å². The van der Waals surface area contributed by atoms with Gasteiger partial charge in [-0.25, -0.2) is 0 Å². The van der Waals surface area contributed by atoms with E-state index in [9.17, 15) is 4.79 Å². The summed E-state index contributed by atoms with van der Waals surface area (Å²) in [5, 5.41) is 0.967. The van der Waals surface area contributed by atoms with Crippen LogP contribution in [-0.2, 0) is 4.79 Å². The highest BCUT2D eigenvalue weighted by atomic mass is 32.2. The molecule has 200 valence electrons. The molecule has 2 heteroatoms. The van der Waals surface area contributed by atoms with Gasteiger partial charge in [-0.3, -0.25) is 4.79 Å². The van der Waals surface area contributed by atoms with Crippen molar-refractivity contribution in [2.75, 3.05) is 0 Å². The molecule has 1 nitrogen and oxygen atoms in total. The molecule has 0 unspecified atom stereocenters. The molecule has 0 aromatic carbocycles. The van der Waals surface area contributed by atoms with Gasteiger partial charge in [0.15, 0.2) is 5.12 Å². The van der Waals surface area contributed by atoms with Gasteiger partial charge in [0.25, 0.3) is 0 Å². The van der Waals surface area contributed by atoms with Crippen molar-refractivity contribution < 1.29 is 4.79 Å². The smallest absolute Gasteiger partial charge is 0.189 e. The molecule has 0 bridgehead atoms. The third-order valence-electron chi connectivity index (χ3n) is 11.8. The summed E-state index contributed by atoms with van der Waals surface area (Å²) in [4.78, 5) is 12.6. The van der Waals surface area contributed by atoms with Gasteiger partial charge < -0.3 is 0 Å². The van der Waals surface area contributed by atoms with Gasteiger partial charge in [0.1, 0.15) is 0 Å². The maximum atomic E-state index is 12.6. The number of thioether (sulfide) groups is 1. The molecule has 0 saturated heterocycles. The van der Waals surface area contributed by atoms with Crippen LogP contribution < -0.4 is 0 Å². The highest BCUT2D eigenvalue weighted by Gasteiger charge is 2.59. The summed E-state index contributed by atoms with van der Waals surface area (Å²) in [5.74, 6) is 5.96. The van der Waals surface area contributed by atoms with Crippen molar-refractivity contribution in [2.24, 2.45) is 52.3 Å². The molecular weight excluding hydrogens is 444 g/mol. The van der Waals surface area contributed by atoms with E-state index in [2.05, 4.69) is 54.5 Å². The molecule has 0 aromatic rings. The number of fused-ring (bicyclic) bond motifs is 5. The second kappa shape index (κ2) is 11.2. The lowest BCUT2D eigenvalue weighted by Crippen LogP contribution is -2.50. The Labute approximate surface area is 222 Å². The summed E-state index contributed by atoms with van der Waals surface area (Å²) in [6, 6.07) is 0. The van der Waals surface area contributed by atoms with Crippen molar-refractivity contribution in [3.05, 3.63) is 11.6 Å². The Bertz CT molecular complexity index is 769. The lowest BCUT2D eigenvalue weighted by atomic mass is 9.47. The van der Waals surface area contributed by atoms with Crippen LogP contribution in [0.25, 0.3) is 0 Å². The van der Waals surface area contributed by atoms with Crippen molar-refractivity contribution in [3.8, 4) is 0 Å². The standard InChI is InChI=1S/C33H56OS/c1-8-23(4)20-31(34)35-26-16-18-32(6)25(21-26)12-13-27-29-15-14-28(24(5)11-9-10-22(2)3)33(29,7)19-17-30(27)32/h12,22-24,26-30H,8-11,13-21H2,1-7H3/t23-,24+,26+,27+,28-,29+,30+,32+,33-/m1/s1. The van der Waals surface area contributed by atoms with Crippen molar-refractivity contribution in [2.45, 2.75) is 137 Å². The van der Waals surface area contributed by atoms with Gasteiger partial charge in [-0.1, -0.05) is 97.6 Å². The predicted molar refractivity (Wildman–Crippen MR) is 154 cm³/mol. The van der Waals surface area contributed by atoms with Crippen LogP contribution in [0, 0.1) is 52.3 Å². The van der Waals surface area contributed by atoms with Gasteiger partial charge in [0.2, 0.25) is 0 Å². The van der Waals surface area contributed by atoms with Crippen molar-refractivity contribution in [1.82, 2.24) is 0 Å². The largest absolute Gasteiger partial charge is 0.287 e. The third kappa shape index (κ3) is 5.63. The molecule has 0 heterocycles. The molecule has 4 aliphatic carbocycles. The first-order valence-corrected chi connectivity index (χ1v) is 16.3. The minimum Gasteiger partial charge on any atom is -0.287 e. The Balaban J connectivity index is 1.41. The molecule has 9 atom stereocenters. The van der Waals surface area contributed by atoms with Crippen molar-refractivity contribution in [3.63, 3.8) is 0 Å². The molecule has 0 amide bonds. The minimum absolute atomic E-state index is 0.405. The highest BCUT2D eigenvalue weighted by molar-refractivity contribution is 8.14. The SMILES string of the molecule is CC[C@@H](C)CC(=O)S[C@H]1CC[C@@]2(C)C(=CC[C@H]3[C@@H]4CC[C@H]([C@@H](C)CCCC(C)C)[C@@]4(C)CC[C@@H]32)C1. The van der Waals surface area contributed by atoms with E-state index < -0.39 is 0 Å². The van der Waals surface area contributed by atoms with Gasteiger partial charge in [-0.2, -0.15) is 0 Å². The van der Waals surface area contributed by atoms with Crippen molar-refractivity contribution in [1.29, 1.82) is 0 Å². The molecule has 0 N–H and O–H groups in total. The fourth-order valence-corrected chi connectivity index (χ4v) is 10.7. The quantitative estimate of drug-likeness (QED) is 0.293. The topological polar surface area (TPSA) is 17.1 Å². The van der Waals surface area contributed by atoms with E-state index in [0.717, 1.165) is 48.3 Å². The van der Waals surface area contributed by atoms with Gasteiger partial charge in [-0.05, 0) is 104 Å². The minimum atomic E-state index is 0.405. The monoisotopic (exact) mass is 500 g/mol. The van der Waals surface area contributed by atoms with E-state index in [1.54, 1.807) is 17.3 Å². The summed E-state index contributed by atoms with van der Waals surface area (Å²) in [6.07, 6.45) is 19.8. The molecular formula is C33H56OS. The number of hydrogen-bond donors (Lipinski definition) is 0. The Morgan fingerprint density at radius 2 is 1.80 bits per heavy atom.